The van der Waals surface area contributed by atoms with Crippen LogP contribution in [0.1, 0.15) is 36.5 Å². The summed E-state index contributed by atoms with van der Waals surface area (Å²) >= 11 is 3.60. The summed E-state index contributed by atoms with van der Waals surface area (Å²) in [5.41, 5.74) is 3.87. The zero-order valence-electron chi connectivity index (χ0n) is 18.9. The van der Waals surface area contributed by atoms with Gasteiger partial charge in [0, 0.05) is 45.2 Å². The minimum absolute atomic E-state index is 0.0102. The van der Waals surface area contributed by atoms with Gasteiger partial charge >= 0.3 is 0 Å². The van der Waals surface area contributed by atoms with Crippen molar-refractivity contribution in [3.8, 4) is 0 Å². The van der Waals surface area contributed by atoms with Crippen LogP contribution >= 0.6 is 23.5 Å². The molecule has 0 bridgehead atoms. The highest BCUT2D eigenvalue weighted by Gasteiger charge is 2.45. The first kappa shape index (κ1) is 23.4. The highest BCUT2D eigenvalue weighted by Crippen LogP contribution is 2.59. The van der Waals surface area contributed by atoms with Gasteiger partial charge in [-0.3, -0.25) is 4.79 Å². The summed E-state index contributed by atoms with van der Waals surface area (Å²) in [7, 11) is 1.81. The highest BCUT2D eigenvalue weighted by atomic mass is 32.2. The lowest BCUT2D eigenvalue weighted by molar-refractivity contribution is -0.115. The monoisotopic (exact) mass is 476 g/mol. The predicted molar refractivity (Wildman–Crippen MR) is 140 cm³/mol. The van der Waals surface area contributed by atoms with Crippen LogP contribution in [-0.2, 0) is 16.0 Å². The Morgan fingerprint density at radius 3 is 2.45 bits per heavy atom. The molecule has 2 aromatic carbocycles. The summed E-state index contributed by atoms with van der Waals surface area (Å²) in [5, 5.41) is 13.7. The molecule has 1 heterocycles. The Bertz CT molecular complexity index is 1130. The summed E-state index contributed by atoms with van der Waals surface area (Å²) < 4.78 is 0.0446. The molecule has 1 aliphatic carbocycles. The van der Waals surface area contributed by atoms with Crippen LogP contribution in [0.4, 0.5) is 11.5 Å². The first-order chi connectivity index (χ1) is 16.0. The fourth-order valence-corrected chi connectivity index (χ4v) is 5.71. The topological polar surface area (TPSA) is 77.9 Å². The number of aromatic nitrogens is 1. The molecule has 7 heteroatoms. The van der Waals surface area contributed by atoms with E-state index in [1.54, 1.807) is 23.5 Å². The molecule has 170 valence electrons. The molecule has 3 N–H and O–H groups in total. The van der Waals surface area contributed by atoms with Gasteiger partial charge in [-0.15, -0.1) is 23.5 Å². The Kier molecular flexibility index (Phi) is 7.40. The van der Waals surface area contributed by atoms with Crippen molar-refractivity contribution in [1.29, 1.82) is 5.41 Å². The van der Waals surface area contributed by atoms with Crippen molar-refractivity contribution in [2.45, 2.75) is 40.7 Å². The second kappa shape index (κ2) is 10.4. The van der Waals surface area contributed by atoms with Crippen LogP contribution in [-0.4, -0.2) is 29.9 Å². The predicted octanol–water partition coefficient (Wildman–Crippen LogP) is 6.20. The van der Waals surface area contributed by atoms with Crippen LogP contribution in [0.15, 0.2) is 70.6 Å². The summed E-state index contributed by atoms with van der Waals surface area (Å²) in [6.07, 6.45) is 5.76. The number of carbonyl (C=O) groups excluding carboxylic acids is 1. The second-order valence-electron chi connectivity index (χ2n) is 7.98. The van der Waals surface area contributed by atoms with Gasteiger partial charge in [0.25, 0.3) is 0 Å². The second-order valence-corrected chi connectivity index (χ2v) is 10.8. The number of carbonyl (C=O) groups is 1. The Hall–Kier alpha value is -2.77. The van der Waals surface area contributed by atoms with E-state index in [9.17, 15) is 4.79 Å². The molecule has 0 unspecified atom stereocenters. The number of pyridine rings is 1. The quantitative estimate of drug-likeness (QED) is 0.240. The van der Waals surface area contributed by atoms with E-state index in [1.165, 1.54) is 16.7 Å². The first-order valence-electron chi connectivity index (χ1n) is 11.0. The van der Waals surface area contributed by atoms with Gasteiger partial charge < -0.3 is 16.0 Å². The Balaban J connectivity index is 1.37. The maximum Gasteiger partial charge on any atom is 0.228 e. The first-order valence-corrected chi connectivity index (χ1v) is 12.8. The van der Waals surface area contributed by atoms with Crippen molar-refractivity contribution < 1.29 is 4.79 Å². The minimum atomic E-state index is -0.0102. The van der Waals surface area contributed by atoms with E-state index in [0.29, 0.717) is 6.42 Å². The van der Waals surface area contributed by atoms with Crippen LogP contribution in [0.2, 0.25) is 0 Å². The molecule has 1 saturated carbocycles. The van der Waals surface area contributed by atoms with Gasteiger partial charge in [0.15, 0.2) is 0 Å². The molecule has 1 aliphatic rings. The third-order valence-corrected chi connectivity index (χ3v) is 7.98. The lowest BCUT2D eigenvalue weighted by atomic mass is 10.1. The molecule has 5 nitrogen and oxygen atoms in total. The maximum absolute atomic E-state index is 12.5. The van der Waals surface area contributed by atoms with Gasteiger partial charge in [0.2, 0.25) is 5.91 Å². The Labute approximate surface area is 203 Å². The van der Waals surface area contributed by atoms with Crippen molar-refractivity contribution in [1.82, 2.24) is 4.98 Å². The number of amides is 1. The molecule has 0 radical (unpaired) electrons. The molecular formula is C26H28N4OS2. The molecular weight excluding hydrogens is 448 g/mol. The number of thioether (sulfide) groups is 2. The largest absolute Gasteiger partial charge is 0.373 e. The van der Waals surface area contributed by atoms with E-state index >= 15 is 0 Å². The van der Waals surface area contributed by atoms with E-state index in [-0.39, 0.29) is 10.7 Å². The minimum Gasteiger partial charge on any atom is -0.373 e. The fraction of sp³-hybridized carbons (Fsp3) is 0.269. The van der Waals surface area contributed by atoms with Crippen molar-refractivity contribution in [2.24, 2.45) is 0 Å². The zero-order chi connectivity index (χ0) is 23.3. The lowest BCUT2D eigenvalue weighted by Crippen LogP contribution is -2.14. The Morgan fingerprint density at radius 2 is 1.85 bits per heavy atom. The molecule has 1 amide bonds. The van der Waals surface area contributed by atoms with Crippen LogP contribution < -0.4 is 10.6 Å². The van der Waals surface area contributed by atoms with Crippen molar-refractivity contribution in [3.05, 3.63) is 77.5 Å². The van der Waals surface area contributed by atoms with Gasteiger partial charge in [0.05, 0.1) is 6.42 Å². The molecule has 0 saturated heterocycles. The number of benzene rings is 2. The van der Waals surface area contributed by atoms with Crippen LogP contribution in [0, 0.1) is 5.41 Å². The van der Waals surface area contributed by atoms with Crippen LogP contribution in [0.5, 0.6) is 0 Å². The van der Waals surface area contributed by atoms with Crippen molar-refractivity contribution in [3.63, 3.8) is 0 Å². The van der Waals surface area contributed by atoms with Gasteiger partial charge in [-0.2, -0.15) is 0 Å². The van der Waals surface area contributed by atoms with E-state index in [0.717, 1.165) is 46.1 Å². The lowest BCUT2D eigenvalue weighted by Gasteiger charge is -2.17. The Morgan fingerprint density at radius 1 is 1.12 bits per heavy atom. The summed E-state index contributed by atoms with van der Waals surface area (Å²) in [6.45, 7) is 2.13. The third kappa shape index (κ3) is 5.78. The molecule has 3 aromatic rings. The summed E-state index contributed by atoms with van der Waals surface area (Å²) in [6, 6.07) is 18.4. The van der Waals surface area contributed by atoms with Crippen LogP contribution in [0.25, 0.3) is 0 Å². The summed E-state index contributed by atoms with van der Waals surface area (Å²) in [4.78, 5) is 19.2. The molecule has 1 fully saturated rings. The number of rotatable bonds is 10. The number of nitrogens with zero attached hydrogens (tertiary/aromatic N) is 1. The number of anilines is 2. The zero-order valence-corrected chi connectivity index (χ0v) is 20.5. The SMILES string of the molecule is CCSc1ccc(CC(=O)Nc2ccc(C3(Sc4cnc(NC)c(C=N)c4)CC3)cc2)cc1. The van der Waals surface area contributed by atoms with Crippen LogP contribution in [0.3, 0.4) is 0 Å². The molecule has 1 aromatic heterocycles. The van der Waals surface area contributed by atoms with E-state index in [1.807, 2.05) is 43.6 Å². The number of hydrogen-bond acceptors (Lipinski definition) is 6. The molecule has 0 atom stereocenters. The molecule has 0 spiro atoms. The average molecular weight is 477 g/mol. The maximum atomic E-state index is 12.5. The molecule has 4 rings (SSSR count). The van der Waals surface area contributed by atoms with E-state index in [2.05, 4.69) is 46.8 Å². The summed E-state index contributed by atoms with van der Waals surface area (Å²) in [5.74, 6) is 1.75. The number of nitrogens with one attached hydrogen (secondary N) is 3. The van der Waals surface area contributed by atoms with E-state index in [4.69, 9.17) is 5.41 Å². The van der Waals surface area contributed by atoms with Gasteiger partial charge in [-0.1, -0.05) is 31.2 Å². The van der Waals surface area contributed by atoms with Gasteiger partial charge in [-0.05, 0) is 60.1 Å². The van der Waals surface area contributed by atoms with Crippen molar-refractivity contribution >= 4 is 47.2 Å². The number of hydrogen-bond donors (Lipinski definition) is 3. The molecule has 33 heavy (non-hydrogen) atoms. The standard InChI is InChI=1S/C26H28N4OS2/c1-3-32-22-10-4-18(5-11-22)14-24(31)30-21-8-6-20(7-9-21)26(12-13-26)33-23-15-19(16-27)25(28-2)29-17-23/h4-11,15-17,27H,3,12-14H2,1-2H3,(H,28,29)(H,30,31). The van der Waals surface area contributed by atoms with Crippen molar-refractivity contribution in [2.75, 3.05) is 23.4 Å². The van der Waals surface area contributed by atoms with Gasteiger partial charge in [-0.25, -0.2) is 4.98 Å². The molecule has 0 aliphatic heterocycles. The van der Waals surface area contributed by atoms with Gasteiger partial charge in [0.1, 0.15) is 5.82 Å². The van der Waals surface area contributed by atoms with E-state index < -0.39 is 0 Å². The fourth-order valence-electron chi connectivity index (χ4n) is 3.74. The third-order valence-electron chi connectivity index (χ3n) is 5.60. The smallest absolute Gasteiger partial charge is 0.228 e. The normalized spacial score (nSPS) is 13.9. The average Bonchev–Trinajstić information content (AvgIpc) is 3.61. The highest BCUT2D eigenvalue weighted by molar-refractivity contribution is 8.00.